The molecule has 0 amide bonds. The number of carbonyl (C=O) groups is 1. The largest absolute Gasteiger partial charge is 0.325 e. The molecule has 4 heteroatoms. The van der Waals surface area contributed by atoms with Crippen LogP contribution in [0.5, 0.6) is 0 Å². The lowest BCUT2D eigenvalue weighted by molar-refractivity contribution is -0.117. The Morgan fingerprint density at radius 2 is 1.70 bits per heavy atom. The van der Waals surface area contributed by atoms with Crippen molar-refractivity contribution in [2.75, 3.05) is 0 Å². The zero-order valence-electron chi connectivity index (χ0n) is 6.51. The lowest BCUT2D eigenvalue weighted by atomic mass is 10.0. The number of carbonyl (C=O) groups excluding carboxylic acids is 1. The van der Waals surface area contributed by atoms with Gasteiger partial charge in [-0.05, 0) is 20.8 Å². The molecule has 0 aliphatic rings. The summed E-state index contributed by atoms with van der Waals surface area (Å²) in [6.07, 6.45) is 0.465. The van der Waals surface area contributed by atoms with Crippen LogP contribution in [0.1, 0.15) is 27.2 Å². The van der Waals surface area contributed by atoms with E-state index in [1.165, 1.54) is 0 Å². The third kappa shape index (κ3) is 15.7. The van der Waals surface area contributed by atoms with Gasteiger partial charge in [0.05, 0.1) is 0 Å². The van der Waals surface area contributed by atoms with Crippen molar-refractivity contribution in [2.45, 2.75) is 32.7 Å². The predicted molar refractivity (Wildman–Crippen MR) is 48.1 cm³/mol. The Bertz CT molecular complexity index is 98.4. The maximum absolute atomic E-state index is 10.4. The van der Waals surface area contributed by atoms with Gasteiger partial charge >= 0.3 is 0 Å². The quantitative estimate of drug-likeness (QED) is 0.714. The van der Waals surface area contributed by atoms with Crippen LogP contribution in [0, 0.1) is 0 Å². The molecule has 0 aliphatic heterocycles. The molecule has 10 heavy (non-hydrogen) atoms. The Morgan fingerprint density at radius 3 is 1.70 bits per heavy atom. The highest BCUT2D eigenvalue weighted by atomic mass is 35.5. The van der Waals surface area contributed by atoms with Crippen LogP contribution >= 0.6 is 24.8 Å². The van der Waals surface area contributed by atoms with Crippen molar-refractivity contribution in [2.24, 2.45) is 5.73 Å². The lowest BCUT2D eigenvalue weighted by Crippen LogP contribution is -2.33. The van der Waals surface area contributed by atoms with Crippen LogP contribution in [0.3, 0.4) is 0 Å². The second kappa shape index (κ2) is 5.96. The fourth-order valence-electron chi connectivity index (χ4n) is 0.642. The Balaban J connectivity index is -0.000000245. The summed E-state index contributed by atoms with van der Waals surface area (Å²) in [7, 11) is 0. The number of ketones is 1. The molecule has 0 rings (SSSR count). The highest BCUT2D eigenvalue weighted by Crippen LogP contribution is 2.02. The minimum absolute atomic E-state index is 0. The first-order chi connectivity index (χ1) is 3.42. The summed E-state index contributed by atoms with van der Waals surface area (Å²) in [6.45, 7) is 5.23. The van der Waals surface area contributed by atoms with Gasteiger partial charge in [-0.2, -0.15) is 0 Å². The van der Waals surface area contributed by atoms with Gasteiger partial charge in [-0.25, -0.2) is 0 Å². The number of halogens is 2. The van der Waals surface area contributed by atoms with E-state index in [9.17, 15) is 4.79 Å². The van der Waals surface area contributed by atoms with Crippen LogP contribution < -0.4 is 5.73 Å². The smallest absolute Gasteiger partial charge is 0.131 e. The average molecular weight is 188 g/mol. The van der Waals surface area contributed by atoms with Crippen molar-refractivity contribution in [1.29, 1.82) is 0 Å². The van der Waals surface area contributed by atoms with Crippen LogP contribution in [0.2, 0.25) is 0 Å². The van der Waals surface area contributed by atoms with Gasteiger partial charge in [0.25, 0.3) is 0 Å². The van der Waals surface area contributed by atoms with E-state index in [2.05, 4.69) is 0 Å². The summed E-state index contributed by atoms with van der Waals surface area (Å²) >= 11 is 0. The number of Topliss-reactive ketones (excluding diaryl/α,β-unsaturated/α-hetero) is 1. The highest BCUT2D eigenvalue weighted by molar-refractivity contribution is 5.85. The fourth-order valence-corrected chi connectivity index (χ4v) is 0.642. The van der Waals surface area contributed by atoms with Crippen molar-refractivity contribution in [3.8, 4) is 0 Å². The molecule has 0 aromatic carbocycles. The molecule has 0 aromatic heterocycles. The maximum atomic E-state index is 10.4. The molecule has 0 atom stereocenters. The molecular weight excluding hydrogens is 173 g/mol. The number of hydrogen-bond donors (Lipinski definition) is 1. The van der Waals surface area contributed by atoms with Crippen molar-refractivity contribution in [3.63, 3.8) is 0 Å². The molecule has 0 spiro atoms. The second-order valence-corrected chi connectivity index (χ2v) is 2.87. The molecule has 2 nitrogen and oxygen atoms in total. The minimum Gasteiger partial charge on any atom is -0.325 e. The summed E-state index contributed by atoms with van der Waals surface area (Å²) in [6, 6.07) is 0. The van der Waals surface area contributed by atoms with E-state index in [-0.39, 0.29) is 36.1 Å². The van der Waals surface area contributed by atoms with Crippen LogP contribution in [-0.2, 0) is 4.79 Å². The monoisotopic (exact) mass is 187 g/mol. The van der Waals surface area contributed by atoms with Gasteiger partial charge in [-0.1, -0.05) is 0 Å². The molecule has 0 fully saturated rings. The summed E-state index contributed by atoms with van der Waals surface area (Å²) in [5.74, 6) is 0.150. The molecule has 64 valence electrons. The molecule has 0 aliphatic carbocycles. The number of rotatable bonds is 2. The Kier molecular flexibility index (Phi) is 9.92. The summed E-state index contributed by atoms with van der Waals surface area (Å²) in [5.41, 5.74) is 5.19. The van der Waals surface area contributed by atoms with E-state index < -0.39 is 0 Å². The normalized spacial score (nSPS) is 9.20. The molecule has 0 aromatic rings. The van der Waals surface area contributed by atoms with Crippen molar-refractivity contribution in [1.82, 2.24) is 0 Å². The van der Waals surface area contributed by atoms with Gasteiger partial charge in [-0.15, -0.1) is 24.8 Å². The van der Waals surface area contributed by atoms with Gasteiger partial charge in [0, 0.05) is 12.0 Å². The molecule has 0 bridgehead atoms. The lowest BCUT2D eigenvalue weighted by Gasteiger charge is -2.14. The SMILES string of the molecule is CC(=O)CC(C)(C)N.Cl.Cl. The zero-order chi connectivity index (χ0) is 6.78. The summed E-state index contributed by atoms with van der Waals surface area (Å²) < 4.78 is 0. The van der Waals surface area contributed by atoms with E-state index in [0.717, 1.165) is 0 Å². The number of nitrogens with two attached hydrogens (primary N) is 1. The van der Waals surface area contributed by atoms with E-state index in [4.69, 9.17) is 5.73 Å². The minimum atomic E-state index is -0.328. The molecule has 0 radical (unpaired) electrons. The molecule has 0 saturated carbocycles. The molecule has 2 N–H and O–H groups in total. The van der Waals surface area contributed by atoms with E-state index in [1.807, 2.05) is 13.8 Å². The number of hydrogen-bond acceptors (Lipinski definition) is 2. The van der Waals surface area contributed by atoms with Crippen LogP contribution in [0.15, 0.2) is 0 Å². The summed E-state index contributed by atoms with van der Waals surface area (Å²) in [5, 5.41) is 0. The third-order valence-electron chi connectivity index (χ3n) is 0.705. The van der Waals surface area contributed by atoms with Crippen molar-refractivity contribution in [3.05, 3.63) is 0 Å². The van der Waals surface area contributed by atoms with Gasteiger partial charge in [0.2, 0.25) is 0 Å². The first kappa shape index (κ1) is 16.7. The van der Waals surface area contributed by atoms with Gasteiger partial charge in [0.1, 0.15) is 5.78 Å². The standard InChI is InChI=1S/C6H13NO.2ClH/c1-5(8)4-6(2,3)7;;/h4,7H2,1-3H3;2*1H. The molecule has 0 saturated heterocycles. The van der Waals surface area contributed by atoms with Gasteiger partial charge in [-0.3, -0.25) is 4.79 Å². The van der Waals surface area contributed by atoms with Crippen molar-refractivity contribution >= 4 is 30.6 Å². The maximum Gasteiger partial charge on any atom is 0.131 e. The predicted octanol–water partition coefficient (Wildman–Crippen LogP) is 1.55. The van der Waals surface area contributed by atoms with E-state index in [1.54, 1.807) is 6.92 Å². The Morgan fingerprint density at radius 1 is 1.40 bits per heavy atom. The fraction of sp³-hybridized carbons (Fsp3) is 0.833. The van der Waals surface area contributed by atoms with Crippen LogP contribution in [-0.4, -0.2) is 11.3 Å². The average Bonchev–Trinajstić information content (AvgIpc) is 1.21. The highest BCUT2D eigenvalue weighted by Gasteiger charge is 2.11. The van der Waals surface area contributed by atoms with Crippen LogP contribution in [0.25, 0.3) is 0 Å². The van der Waals surface area contributed by atoms with Gasteiger partial charge < -0.3 is 5.73 Å². The Labute approximate surface area is 74.4 Å². The third-order valence-corrected chi connectivity index (χ3v) is 0.705. The second-order valence-electron chi connectivity index (χ2n) is 2.87. The van der Waals surface area contributed by atoms with E-state index in [0.29, 0.717) is 6.42 Å². The topological polar surface area (TPSA) is 43.1 Å². The van der Waals surface area contributed by atoms with Gasteiger partial charge in [0.15, 0.2) is 0 Å². The zero-order valence-corrected chi connectivity index (χ0v) is 8.14. The van der Waals surface area contributed by atoms with E-state index >= 15 is 0 Å². The Hall–Kier alpha value is 0.210. The molecular formula is C6H15Cl2NO. The first-order valence-corrected chi connectivity index (χ1v) is 2.70. The summed E-state index contributed by atoms with van der Waals surface area (Å²) in [4.78, 5) is 10.4. The van der Waals surface area contributed by atoms with Crippen molar-refractivity contribution < 1.29 is 4.79 Å². The van der Waals surface area contributed by atoms with Crippen LogP contribution in [0.4, 0.5) is 0 Å². The molecule has 0 unspecified atom stereocenters. The first-order valence-electron chi connectivity index (χ1n) is 2.70. The molecule has 0 heterocycles.